The predicted molar refractivity (Wildman–Crippen MR) is 124 cm³/mol. The predicted octanol–water partition coefficient (Wildman–Crippen LogP) is 3.28. The van der Waals surface area contributed by atoms with E-state index < -0.39 is 0 Å². The molecule has 3 aromatic carbocycles. The number of hydrogen-bond donors (Lipinski definition) is 4. The quantitative estimate of drug-likeness (QED) is 0.411. The van der Waals surface area contributed by atoms with Gasteiger partial charge in [-0.3, -0.25) is 4.79 Å². The van der Waals surface area contributed by atoms with E-state index in [9.17, 15) is 14.7 Å². The van der Waals surface area contributed by atoms with Crippen LogP contribution in [0.5, 0.6) is 11.5 Å². The summed E-state index contributed by atoms with van der Waals surface area (Å²) >= 11 is 0. The minimum atomic E-state index is -0.371. The fraction of sp³-hybridized carbons (Fsp3) is 0.167. The monoisotopic (exact) mass is 448 g/mol. The lowest BCUT2D eigenvalue weighted by molar-refractivity contribution is 0.102. The minimum Gasteiger partial charge on any atom is -0.454 e. The lowest BCUT2D eigenvalue weighted by Crippen LogP contribution is -2.36. The van der Waals surface area contributed by atoms with Gasteiger partial charge in [0.1, 0.15) is 0 Å². The van der Waals surface area contributed by atoms with E-state index in [1.165, 1.54) is 4.90 Å². The summed E-state index contributed by atoms with van der Waals surface area (Å²) in [6, 6.07) is 18.7. The molecule has 0 spiro atoms. The van der Waals surface area contributed by atoms with E-state index in [1.54, 1.807) is 66.7 Å². The van der Waals surface area contributed by atoms with Gasteiger partial charge in [0, 0.05) is 30.4 Å². The smallest absolute Gasteiger partial charge is 0.322 e. The molecule has 0 saturated carbocycles. The first-order valence-electron chi connectivity index (χ1n) is 10.3. The molecule has 0 aliphatic carbocycles. The molecule has 0 bridgehead atoms. The van der Waals surface area contributed by atoms with E-state index in [0.717, 1.165) is 5.56 Å². The van der Waals surface area contributed by atoms with Crippen LogP contribution in [-0.2, 0) is 6.54 Å². The summed E-state index contributed by atoms with van der Waals surface area (Å²) in [6.45, 7) is 0.361. The molecule has 0 radical (unpaired) electrons. The van der Waals surface area contributed by atoms with Crippen molar-refractivity contribution in [2.75, 3.05) is 36.3 Å². The number of aliphatic hydroxyl groups is 1. The van der Waals surface area contributed by atoms with Gasteiger partial charge >= 0.3 is 6.03 Å². The van der Waals surface area contributed by atoms with E-state index in [1.807, 2.05) is 0 Å². The maximum Gasteiger partial charge on any atom is 0.322 e. The Hall–Kier alpha value is -4.24. The number of fused-ring (bicyclic) bond motifs is 1. The molecule has 0 fully saturated rings. The van der Waals surface area contributed by atoms with Crippen molar-refractivity contribution in [2.45, 2.75) is 6.54 Å². The zero-order valence-electron chi connectivity index (χ0n) is 17.8. The SMILES string of the molecule is Nc1ccccc1NC(=O)c1ccc(CN(CCO)C(=O)Nc2ccc3c(c2)OCO3)cc1. The van der Waals surface area contributed by atoms with Gasteiger partial charge in [0.25, 0.3) is 5.91 Å². The lowest BCUT2D eigenvalue weighted by atomic mass is 10.1. The first-order chi connectivity index (χ1) is 16.0. The van der Waals surface area contributed by atoms with Crippen LogP contribution in [0.2, 0.25) is 0 Å². The summed E-state index contributed by atoms with van der Waals surface area (Å²) in [5, 5.41) is 15.0. The minimum absolute atomic E-state index is 0.145. The number of aliphatic hydroxyl groups excluding tert-OH is 1. The number of hydrogen-bond acceptors (Lipinski definition) is 6. The number of amides is 3. The highest BCUT2D eigenvalue weighted by atomic mass is 16.7. The summed E-state index contributed by atoms with van der Waals surface area (Å²) in [5.74, 6) is 0.902. The van der Waals surface area contributed by atoms with Crippen molar-refractivity contribution in [2.24, 2.45) is 0 Å². The van der Waals surface area contributed by atoms with Gasteiger partial charge in [-0.15, -0.1) is 0 Å². The molecule has 0 aromatic heterocycles. The molecule has 3 amide bonds. The standard InChI is InChI=1S/C24H24N4O5/c25-19-3-1-2-4-20(19)27-23(30)17-7-5-16(6-8-17)14-28(11-12-29)24(31)26-18-9-10-21-22(13-18)33-15-32-21/h1-10,13,29H,11-12,14-15,25H2,(H,26,31)(H,27,30). The van der Waals surface area contributed by atoms with Crippen molar-refractivity contribution >= 4 is 29.0 Å². The number of ether oxygens (including phenoxy) is 2. The van der Waals surface area contributed by atoms with E-state index in [4.69, 9.17) is 15.2 Å². The summed E-state index contributed by atoms with van der Waals surface area (Å²) in [6.07, 6.45) is 0. The van der Waals surface area contributed by atoms with Gasteiger partial charge in [-0.25, -0.2) is 4.79 Å². The van der Waals surface area contributed by atoms with Crippen LogP contribution in [-0.4, -0.2) is 41.9 Å². The highest BCUT2D eigenvalue weighted by Gasteiger charge is 2.18. The first kappa shape index (κ1) is 22.0. The van der Waals surface area contributed by atoms with Crippen LogP contribution in [0.1, 0.15) is 15.9 Å². The Morgan fingerprint density at radius 3 is 2.48 bits per heavy atom. The average molecular weight is 448 g/mol. The molecule has 0 atom stereocenters. The normalized spacial score (nSPS) is 11.7. The highest BCUT2D eigenvalue weighted by Crippen LogP contribution is 2.34. The number of nitrogen functional groups attached to an aromatic ring is 1. The Labute approximate surface area is 190 Å². The third kappa shape index (κ3) is 5.34. The number of anilines is 3. The van der Waals surface area contributed by atoms with Crippen molar-refractivity contribution < 1.29 is 24.2 Å². The summed E-state index contributed by atoms with van der Waals surface area (Å²) in [5.41, 5.74) is 8.72. The van der Waals surface area contributed by atoms with Gasteiger partial charge in [0.2, 0.25) is 6.79 Å². The van der Waals surface area contributed by atoms with Crippen LogP contribution in [0.3, 0.4) is 0 Å². The molecule has 1 heterocycles. The molecule has 9 heteroatoms. The van der Waals surface area contributed by atoms with Gasteiger partial charge in [-0.2, -0.15) is 0 Å². The van der Waals surface area contributed by atoms with E-state index in [-0.39, 0.29) is 38.4 Å². The maximum atomic E-state index is 12.8. The van der Waals surface area contributed by atoms with E-state index in [0.29, 0.717) is 34.1 Å². The molecule has 3 aromatic rings. The summed E-state index contributed by atoms with van der Waals surface area (Å²) in [7, 11) is 0. The van der Waals surface area contributed by atoms with Crippen molar-refractivity contribution in [1.29, 1.82) is 0 Å². The zero-order valence-corrected chi connectivity index (χ0v) is 17.8. The molecular formula is C24H24N4O5. The van der Waals surface area contributed by atoms with Gasteiger partial charge in [0.05, 0.1) is 18.0 Å². The van der Waals surface area contributed by atoms with E-state index in [2.05, 4.69) is 10.6 Å². The van der Waals surface area contributed by atoms with Crippen LogP contribution in [0, 0.1) is 0 Å². The van der Waals surface area contributed by atoms with Crippen LogP contribution in [0.4, 0.5) is 21.9 Å². The van der Waals surface area contributed by atoms with Crippen LogP contribution in [0.25, 0.3) is 0 Å². The van der Waals surface area contributed by atoms with Gasteiger partial charge in [0.15, 0.2) is 11.5 Å². The molecule has 1 aliphatic rings. The van der Waals surface area contributed by atoms with Crippen molar-refractivity contribution in [3.63, 3.8) is 0 Å². The second-order valence-corrected chi connectivity index (χ2v) is 7.38. The van der Waals surface area contributed by atoms with Crippen molar-refractivity contribution in [1.82, 2.24) is 4.90 Å². The Morgan fingerprint density at radius 1 is 0.970 bits per heavy atom. The lowest BCUT2D eigenvalue weighted by Gasteiger charge is -2.22. The molecular weight excluding hydrogens is 424 g/mol. The Balaban J connectivity index is 1.39. The van der Waals surface area contributed by atoms with Gasteiger partial charge in [-0.1, -0.05) is 24.3 Å². The molecule has 170 valence electrons. The largest absolute Gasteiger partial charge is 0.454 e. The molecule has 0 unspecified atom stereocenters. The number of nitrogens with zero attached hydrogens (tertiary/aromatic N) is 1. The number of urea groups is 1. The summed E-state index contributed by atoms with van der Waals surface area (Å²) < 4.78 is 10.6. The molecule has 0 saturated heterocycles. The van der Waals surface area contributed by atoms with Crippen molar-refractivity contribution in [3.05, 3.63) is 77.9 Å². The maximum absolute atomic E-state index is 12.8. The summed E-state index contributed by atoms with van der Waals surface area (Å²) in [4.78, 5) is 26.8. The number of para-hydroxylation sites is 2. The highest BCUT2D eigenvalue weighted by molar-refractivity contribution is 6.05. The van der Waals surface area contributed by atoms with E-state index >= 15 is 0 Å². The molecule has 9 nitrogen and oxygen atoms in total. The van der Waals surface area contributed by atoms with Gasteiger partial charge < -0.3 is 35.8 Å². The fourth-order valence-electron chi connectivity index (χ4n) is 3.34. The Morgan fingerprint density at radius 2 is 1.73 bits per heavy atom. The second kappa shape index (κ2) is 9.92. The Bertz CT molecular complexity index is 1150. The number of nitrogens with one attached hydrogen (secondary N) is 2. The number of rotatable bonds is 7. The fourth-order valence-corrected chi connectivity index (χ4v) is 3.34. The molecule has 1 aliphatic heterocycles. The van der Waals surface area contributed by atoms with Gasteiger partial charge in [-0.05, 0) is 42.0 Å². The third-order valence-corrected chi connectivity index (χ3v) is 5.08. The third-order valence-electron chi connectivity index (χ3n) is 5.08. The molecule has 4 rings (SSSR count). The zero-order chi connectivity index (χ0) is 23.2. The first-order valence-corrected chi connectivity index (χ1v) is 10.3. The number of benzene rings is 3. The number of carbonyl (C=O) groups is 2. The number of carbonyl (C=O) groups excluding carboxylic acids is 2. The van der Waals surface area contributed by atoms with Crippen molar-refractivity contribution in [3.8, 4) is 11.5 Å². The van der Waals surface area contributed by atoms with Crippen LogP contribution in [0.15, 0.2) is 66.7 Å². The number of nitrogens with two attached hydrogens (primary N) is 1. The molecule has 33 heavy (non-hydrogen) atoms. The topological polar surface area (TPSA) is 126 Å². The Kier molecular flexibility index (Phi) is 6.61. The second-order valence-electron chi connectivity index (χ2n) is 7.38. The van der Waals surface area contributed by atoms with Crippen LogP contribution >= 0.6 is 0 Å². The average Bonchev–Trinajstić information content (AvgIpc) is 3.28. The molecule has 5 N–H and O–H groups in total. The van der Waals surface area contributed by atoms with Crippen LogP contribution < -0.4 is 25.8 Å².